The van der Waals surface area contributed by atoms with Crippen LogP contribution < -0.4 is 0 Å². The summed E-state index contributed by atoms with van der Waals surface area (Å²) in [5.74, 6) is 0. The summed E-state index contributed by atoms with van der Waals surface area (Å²) in [6.45, 7) is 0. The Kier molecular flexibility index (Phi) is 19.3. The Labute approximate surface area is 79.1 Å². The van der Waals surface area contributed by atoms with Crippen LogP contribution in [-0.2, 0) is 0.938 Å². The van der Waals surface area contributed by atoms with Gasteiger partial charge in [-0.2, -0.15) is 0 Å². The molecule has 0 unspecified atom stereocenters. The second-order valence-corrected chi connectivity index (χ2v) is 1.56. The number of halogens is 3. The molecule has 0 aliphatic rings. The van der Waals surface area contributed by atoms with Gasteiger partial charge >= 0.3 is 81.4 Å². The third-order valence-electron chi connectivity index (χ3n) is 0. The van der Waals surface area contributed by atoms with E-state index in [1.54, 1.807) is 0 Å². The molecule has 0 saturated carbocycles. The third kappa shape index (κ3) is 33.0. The third-order valence-corrected chi connectivity index (χ3v) is 0. The van der Waals surface area contributed by atoms with Crippen molar-refractivity contribution in [2.24, 2.45) is 0 Å². The monoisotopic (exact) mass is 353 g/mol. The van der Waals surface area contributed by atoms with Gasteiger partial charge in [-0.25, -0.2) is 0 Å². The molecule has 0 saturated heterocycles. The van der Waals surface area contributed by atoms with Gasteiger partial charge in [0.2, 0.25) is 0 Å². The summed E-state index contributed by atoms with van der Waals surface area (Å²) in [7, 11) is 0. The van der Waals surface area contributed by atoms with E-state index in [1.165, 1.54) is 0 Å². The first-order valence-electron chi connectivity index (χ1n) is 0.771. The van der Waals surface area contributed by atoms with Crippen molar-refractivity contribution in [1.82, 2.24) is 0 Å². The molecule has 1 nitrogen and oxygen atoms in total. The summed E-state index contributed by atoms with van der Waals surface area (Å²) in [5, 5.41) is 0. The van der Waals surface area contributed by atoms with E-state index in [1.807, 2.05) is 0 Å². The average molecular weight is 353 g/mol. The second kappa shape index (κ2) is 10.3. The van der Waals surface area contributed by atoms with E-state index < -0.39 is 37.9 Å². The molecule has 6 heteroatoms. The van der Waals surface area contributed by atoms with E-state index in [0.29, 0.717) is 0 Å². The van der Waals surface area contributed by atoms with E-state index in [0.717, 1.165) is 0 Å². The molecule has 0 heterocycles. The molecule has 0 aromatic carbocycles. The molecule has 0 rings (SSSR count). The molecule has 0 bridgehead atoms. The zero-order valence-electron chi connectivity index (χ0n) is 2.54. The van der Waals surface area contributed by atoms with Crippen LogP contribution in [0.4, 0.5) is 2.73 Å². The van der Waals surface area contributed by atoms with Gasteiger partial charge in [0.25, 0.3) is 0 Å². The van der Waals surface area contributed by atoms with Crippen LogP contribution in [0.3, 0.4) is 0 Å². The molecule has 0 radical (unpaired) electrons. The van der Waals surface area contributed by atoms with E-state index in [9.17, 15) is 2.73 Å². The van der Waals surface area contributed by atoms with E-state index in [4.69, 9.17) is 0.938 Å². The predicted molar refractivity (Wildman–Crippen MR) is 4.01 cm³/mol. The van der Waals surface area contributed by atoms with Gasteiger partial charge in [0.15, 0.2) is 0 Å². The van der Waals surface area contributed by atoms with Crippen LogP contribution in [0.1, 0.15) is 0 Å². The van der Waals surface area contributed by atoms with Crippen LogP contribution >= 0.6 is 0 Å². The Balaban J connectivity index is 0. The zero-order valence-corrected chi connectivity index (χ0v) is 8.82. The summed E-state index contributed by atoms with van der Waals surface area (Å²) in [5.41, 5.74) is 0. The number of hydrogen-bond donors (Lipinski definition) is 0. The van der Waals surface area contributed by atoms with Crippen LogP contribution in [-0.4, -0.2) is 0 Å². The Hall–Kier alpha value is 2.34. The molecule has 0 aliphatic carbocycles. The topological polar surface area (TPSA) is 17.1 Å². The molecule has 0 fully saturated rings. The minimum absolute atomic E-state index is 0.0556. The Morgan fingerprint density at radius 3 is 1.17 bits per heavy atom. The van der Waals surface area contributed by atoms with Crippen LogP contribution in [0.25, 0.3) is 0 Å². The van der Waals surface area contributed by atoms with Crippen molar-refractivity contribution in [2.45, 2.75) is 0 Å². The minimum atomic E-state index is -5.16. The van der Waals surface area contributed by atoms with Gasteiger partial charge in [-0.15, -0.1) is 0 Å². The van der Waals surface area contributed by atoms with Crippen LogP contribution in [0.2, 0.25) is 0 Å². The van der Waals surface area contributed by atoms with Gasteiger partial charge in [0.05, 0.1) is 0 Å². The van der Waals surface area contributed by atoms with Gasteiger partial charge in [-0.1, -0.05) is 0 Å². The Bertz CT molecular complexity index is 20.0. The van der Waals surface area contributed by atoms with Crippen molar-refractivity contribution in [3.63, 3.8) is 0 Å². The first-order chi connectivity index (χ1) is 2.73. The van der Waals surface area contributed by atoms with Crippen molar-refractivity contribution in [1.29, 1.82) is 0 Å². The SMILES string of the molecule is [F][Ce]([F])[F].[O]=[Ce]. The summed E-state index contributed by atoms with van der Waals surface area (Å²) < 4.78 is 38.0. The Morgan fingerprint density at radius 1 is 1.17 bits per heavy atom. The molecule has 0 N–H and O–H groups in total. The van der Waals surface area contributed by atoms with Crippen LogP contribution in [0, 0.1) is 77.7 Å². The predicted octanol–water partition coefficient (Wildman–Crippen LogP) is 1.14. The standard InChI is InChI=1S/2Ce.3FH.O/h;;3*1H;/q;+3;;;;/p-3. The molecule has 0 aromatic heterocycles. The summed E-state index contributed by atoms with van der Waals surface area (Å²) in [4.78, 5) is 0. The van der Waals surface area contributed by atoms with Gasteiger partial charge in [0.1, 0.15) is 0 Å². The maximum atomic E-state index is 9.88. The Morgan fingerprint density at radius 2 is 1.17 bits per heavy atom. The molecule has 0 atom stereocenters. The molecule has 6 heavy (non-hydrogen) atoms. The fourth-order valence-electron chi connectivity index (χ4n) is 0. The average Bonchev–Trinajstić information content (AvgIpc) is 1.41. The zero-order chi connectivity index (χ0) is 5.58. The van der Waals surface area contributed by atoms with Crippen molar-refractivity contribution in [3.8, 4) is 0 Å². The molecular weight excluding hydrogens is 353 g/mol. The van der Waals surface area contributed by atoms with E-state index >= 15 is 0 Å². The molecular formula is Ce2F3O. The van der Waals surface area contributed by atoms with Gasteiger partial charge in [-0.05, 0) is 0 Å². The molecule has 35 valence electrons. The van der Waals surface area contributed by atoms with E-state index in [-0.39, 0.29) is 39.8 Å². The number of rotatable bonds is 0. The molecule has 0 amide bonds. The first-order valence-corrected chi connectivity index (χ1v) is 5.61. The van der Waals surface area contributed by atoms with Gasteiger partial charge in [-0.3, -0.25) is 0 Å². The summed E-state index contributed by atoms with van der Waals surface area (Å²) >= 11 is -5.10. The second-order valence-electron chi connectivity index (χ2n) is 0.214. The summed E-state index contributed by atoms with van der Waals surface area (Å²) in [6, 6.07) is 0. The first kappa shape index (κ1) is 11.2. The van der Waals surface area contributed by atoms with E-state index in [2.05, 4.69) is 0 Å². The summed E-state index contributed by atoms with van der Waals surface area (Å²) in [6.07, 6.45) is 0. The van der Waals surface area contributed by atoms with Crippen molar-refractivity contribution in [2.75, 3.05) is 0 Å². The molecule has 0 spiro atoms. The fraction of sp³-hybridized carbons (Fsp3) is 0. The van der Waals surface area contributed by atoms with Crippen molar-refractivity contribution < 1.29 is 81.4 Å². The van der Waals surface area contributed by atoms with Crippen molar-refractivity contribution in [3.05, 3.63) is 0 Å². The number of hydrogen-bond acceptors (Lipinski definition) is 1. The maximum absolute atomic E-state index is 9.88. The van der Waals surface area contributed by atoms with Crippen molar-refractivity contribution >= 4 is 0 Å². The van der Waals surface area contributed by atoms with Gasteiger partial charge < -0.3 is 0 Å². The quantitative estimate of drug-likeness (QED) is 0.639. The van der Waals surface area contributed by atoms with Crippen LogP contribution in [0.15, 0.2) is 0 Å². The van der Waals surface area contributed by atoms with Gasteiger partial charge in [0, 0.05) is 0 Å². The normalized spacial score (nSPS) is 5.00. The van der Waals surface area contributed by atoms with Crippen LogP contribution in [0.5, 0.6) is 0 Å². The molecule has 0 aromatic rings. The molecule has 0 aliphatic heterocycles. The fourth-order valence-corrected chi connectivity index (χ4v) is 0.